The Kier molecular flexibility index (Phi) is 5.37. The van der Waals surface area contributed by atoms with E-state index in [-0.39, 0.29) is 6.04 Å². The number of thiophene rings is 1. The number of aryl methyl sites for hydroxylation is 1. The molecular weight excluding hydrogens is 276 g/mol. The Morgan fingerprint density at radius 1 is 1.42 bits per heavy atom. The largest absolute Gasteiger partial charge is 0.309 e. The fraction of sp³-hybridized carbons (Fsp3) is 0.400. The van der Waals surface area contributed by atoms with Crippen LogP contribution in [0.2, 0.25) is 5.02 Å². The predicted molar refractivity (Wildman–Crippen MR) is 83.0 cm³/mol. The van der Waals surface area contributed by atoms with Gasteiger partial charge in [0.25, 0.3) is 0 Å². The Balaban J connectivity index is 2.18. The smallest absolute Gasteiger partial charge is 0.0590 e. The molecular formula is C15H19ClN2S. The van der Waals surface area contributed by atoms with E-state index in [0.717, 1.165) is 35.7 Å². The lowest BCUT2D eigenvalue weighted by Gasteiger charge is -2.17. The molecule has 0 radical (unpaired) electrons. The maximum Gasteiger partial charge on any atom is 0.0590 e. The molecule has 1 N–H and O–H groups in total. The summed E-state index contributed by atoms with van der Waals surface area (Å²) < 4.78 is 0. The zero-order valence-corrected chi connectivity index (χ0v) is 12.9. The lowest BCUT2D eigenvalue weighted by Crippen LogP contribution is -2.24. The van der Waals surface area contributed by atoms with Gasteiger partial charge in [-0.3, -0.25) is 4.98 Å². The second-order valence-corrected chi connectivity index (χ2v) is 5.92. The molecule has 0 saturated heterocycles. The summed E-state index contributed by atoms with van der Waals surface area (Å²) in [6.07, 6.45) is 3.83. The summed E-state index contributed by atoms with van der Waals surface area (Å²) in [6, 6.07) is 6.29. The topological polar surface area (TPSA) is 24.9 Å². The summed E-state index contributed by atoms with van der Waals surface area (Å²) >= 11 is 8.13. The van der Waals surface area contributed by atoms with Gasteiger partial charge < -0.3 is 5.32 Å². The molecule has 2 aromatic rings. The maximum atomic E-state index is 6.40. The van der Waals surface area contributed by atoms with Crippen molar-refractivity contribution in [2.24, 2.45) is 0 Å². The van der Waals surface area contributed by atoms with Crippen molar-refractivity contribution in [2.75, 3.05) is 6.54 Å². The number of rotatable bonds is 6. The number of aromatic nitrogens is 1. The molecule has 2 nitrogen and oxygen atoms in total. The van der Waals surface area contributed by atoms with Gasteiger partial charge in [-0.2, -0.15) is 0 Å². The summed E-state index contributed by atoms with van der Waals surface area (Å²) in [6.45, 7) is 5.22. The van der Waals surface area contributed by atoms with E-state index in [0.29, 0.717) is 0 Å². The van der Waals surface area contributed by atoms with E-state index in [4.69, 9.17) is 11.6 Å². The number of nitrogens with zero attached hydrogens (tertiary/aromatic N) is 1. The average Bonchev–Trinajstić information content (AvgIpc) is 2.76. The third kappa shape index (κ3) is 3.78. The minimum atomic E-state index is 0.251. The lowest BCUT2D eigenvalue weighted by molar-refractivity contribution is 0.531. The van der Waals surface area contributed by atoms with Gasteiger partial charge in [0.1, 0.15) is 0 Å². The van der Waals surface area contributed by atoms with E-state index in [9.17, 15) is 0 Å². The molecule has 2 aromatic heterocycles. The van der Waals surface area contributed by atoms with Crippen molar-refractivity contribution < 1.29 is 0 Å². The van der Waals surface area contributed by atoms with Gasteiger partial charge in [0, 0.05) is 29.2 Å². The van der Waals surface area contributed by atoms with Crippen LogP contribution in [0.15, 0.2) is 29.8 Å². The van der Waals surface area contributed by atoms with Crippen LogP contribution < -0.4 is 5.32 Å². The fourth-order valence-electron chi connectivity index (χ4n) is 1.99. The Morgan fingerprint density at radius 3 is 2.84 bits per heavy atom. The SMILES string of the molecule is CCCNC(Cc1ccccn1)c1scc(C)c1Cl. The van der Waals surface area contributed by atoms with Crippen LogP contribution in [0.1, 0.15) is 35.5 Å². The van der Waals surface area contributed by atoms with E-state index in [1.165, 1.54) is 4.88 Å². The van der Waals surface area contributed by atoms with Crippen molar-refractivity contribution >= 4 is 22.9 Å². The molecule has 1 atom stereocenters. The highest BCUT2D eigenvalue weighted by molar-refractivity contribution is 7.10. The molecule has 0 aliphatic carbocycles. The van der Waals surface area contributed by atoms with E-state index in [2.05, 4.69) is 35.6 Å². The second-order valence-electron chi connectivity index (χ2n) is 4.63. The van der Waals surface area contributed by atoms with Crippen molar-refractivity contribution in [3.8, 4) is 0 Å². The molecule has 2 rings (SSSR count). The standard InChI is InChI=1S/C15H19ClN2S/c1-3-7-18-13(9-12-6-4-5-8-17-12)15-14(16)11(2)10-19-15/h4-6,8,10,13,18H,3,7,9H2,1-2H3. The van der Waals surface area contributed by atoms with Crippen LogP contribution in [0.4, 0.5) is 0 Å². The van der Waals surface area contributed by atoms with Gasteiger partial charge in [-0.1, -0.05) is 24.6 Å². The first kappa shape index (κ1) is 14.5. The highest BCUT2D eigenvalue weighted by Gasteiger charge is 2.18. The van der Waals surface area contributed by atoms with Gasteiger partial charge >= 0.3 is 0 Å². The monoisotopic (exact) mass is 294 g/mol. The molecule has 4 heteroatoms. The highest BCUT2D eigenvalue weighted by atomic mass is 35.5. The van der Waals surface area contributed by atoms with E-state index >= 15 is 0 Å². The van der Waals surface area contributed by atoms with Crippen LogP contribution in [-0.2, 0) is 6.42 Å². The fourth-order valence-corrected chi connectivity index (χ4v) is 3.39. The molecule has 0 aliphatic heterocycles. The molecule has 0 bridgehead atoms. The Morgan fingerprint density at radius 2 is 2.26 bits per heavy atom. The number of halogens is 1. The average molecular weight is 295 g/mol. The molecule has 0 aromatic carbocycles. The van der Waals surface area contributed by atoms with Crippen molar-refractivity contribution in [2.45, 2.75) is 32.7 Å². The van der Waals surface area contributed by atoms with Crippen LogP contribution in [-0.4, -0.2) is 11.5 Å². The van der Waals surface area contributed by atoms with Gasteiger partial charge in [0.15, 0.2) is 0 Å². The van der Waals surface area contributed by atoms with Crippen molar-refractivity contribution in [3.05, 3.63) is 50.9 Å². The van der Waals surface area contributed by atoms with Crippen LogP contribution in [0, 0.1) is 6.92 Å². The zero-order chi connectivity index (χ0) is 13.7. The summed E-state index contributed by atoms with van der Waals surface area (Å²) in [4.78, 5) is 5.63. The molecule has 0 aliphatic rings. The van der Waals surface area contributed by atoms with Crippen LogP contribution in [0.5, 0.6) is 0 Å². The molecule has 1 unspecified atom stereocenters. The predicted octanol–water partition coefficient (Wildman–Crippen LogP) is 4.39. The Bertz CT molecular complexity index is 510. The lowest BCUT2D eigenvalue weighted by atomic mass is 10.1. The van der Waals surface area contributed by atoms with Crippen LogP contribution in [0.3, 0.4) is 0 Å². The third-order valence-corrected chi connectivity index (χ3v) is 4.85. The minimum absolute atomic E-state index is 0.251. The molecule has 102 valence electrons. The summed E-state index contributed by atoms with van der Waals surface area (Å²) in [5, 5.41) is 6.59. The van der Waals surface area contributed by atoms with Crippen molar-refractivity contribution in [3.63, 3.8) is 0 Å². The van der Waals surface area contributed by atoms with Gasteiger partial charge in [-0.15, -0.1) is 11.3 Å². The third-order valence-electron chi connectivity index (χ3n) is 3.02. The van der Waals surface area contributed by atoms with Crippen LogP contribution in [0.25, 0.3) is 0 Å². The first-order chi connectivity index (χ1) is 9.22. The molecule has 0 spiro atoms. The maximum absolute atomic E-state index is 6.40. The summed E-state index contributed by atoms with van der Waals surface area (Å²) in [7, 11) is 0. The van der Waals surface area contributed by atoms with Gasteiger partial charge in [-0.25, -0.2) is 0 Å². The van der Waals surface area contributed by atoms with Crippen molar-refractivity contribution in [1.29, 1.82) is 0 Å². The number of pyridine rings is 1. The van der Waals surface area contributed by atoms with E-state index < -0.39 is 0 Å². The molecule has 0 amide bonds. The van der Waals surface area contributed by atoms with Gasteiger partial charge in [0.2, 0.25) is 0 Å². The quantitative estimate of drug-likeness (QED) is 0.855. The molecule has 19 heavy (non-hydrogen) atoms. The van der Waals surface area contributed by atoms with Crippen molar-refractivity contribution in [1.82, 2.24) is 10.3 Å². The number of hydrogen-bond acceptors (Lipinski definition) is 3. The van der Waals surface area contributed by atoms with Gasteiger partial charge in [0.05, 0.1) is 5.02 Å². The van der Waals surface area contributed by atoms with E-state index in [1.54, 1.807) is 11.3 Å². The second kappa shape index (κ2) is 7.04. The molecule has 0 saturated carbocycles. The first-order valence-electron chi connectivity index (χ1n) is 6.59. The first-order valence-corrected chi connectivity index (χ1v) is 7.85. The molecule has 2 heterocycles. The number of nitrogens with one attached hydrogen (secondary N) is 1. The Hall–Kier alpha value is -0.900. The van der Waals surface area contributed by atoms with Gasteiger partial charge in [-0.05, 0) is 43.0 Å². The summed E-state index contributed by atoms with van der Waals surface area (Å²) in [5.41, 5.74) is 2.25. The van der Waals surface area contributed by atoms with E-state index in [1.807, 2.05) is 18.3 Å². The molecule has 0 fully saturated rings. The normalized spacial score (nSPS) is 12.6. The zero-order valence-electron chi connectivity index (χ0n) is 11.3. The Labute approximate surface area is 123 Å². The highest BCUT2D eigenvalue weighted by Crippen LogP contribution is 2.33. The number of hydrogen-bond donors (Lipinski definition) is 1. The van der Waals surface area contributed by atoms with Crippen LogP contribution >= 0.6 is 22.9 Å². The minimum Gasteiger partial charge on any atom is -0.309 e. The summed E-state index contributed by atoms with van der Waals surface area (Å²) in [5.74, 6) is 0.